The molecule has 0 saturated heterocycles. The van der Waals surface area contributed by atoms with Crippen molar-refractivity contribution < 1.29 is 4.42 Å². The number of hydrogen-bond acceptors (Lipinski definition) is 4. The molecule has 194 valence electrons. The number of para-hydroxylation sites is 1. The Kier molecular flexibility index (Phi) is 5.56. The molecule has 0 fully saturated rings. The van der Waals surface area contributed by atoms with Crippen molar-refractivity contribution in [3.8, 4) is 33.9 Å². The van der Waals surface area contributed by atoms with E-state index in [4.69, 9.17) is 19.4 Å². The number of nitrogens with zero attached hydrogens (tertiary/aromatic N) is 3. The zero-order valence-corrected chi connectivity index (χ0v) is 22.3. The quantitative estimate of drug-likeness (QED) is 0.229. The van der Waals surface area contributed by atoms with Gasteiger partial charge in [0.15, 0.2) is 17.5 Å². The van der Waals surface area contributed by atoms with E-state index in [0.29, 0.717) is 17.5 Å². The van der Waals surface area contributed by atoms with Crippen LogP contribution in [-0.2, 0) is 0 Å². The van der Waals surface area contributed by atoms with Gasteiger partial charge in [0, 0.05) is 27.5 Å². The number of fused-ring (bicyclic) bond motifs is 4. The lowest BCUT2D eigenvalue weighted by Crippen LogP contribution is -2.03. The second kappa shape index (κ2) is 9.68. The van der Waals surface area contributed by atoms with Crippen LogP contribution >= 0.6 is 0 Å². The number of hydrogen-bond donors (Lipinski definition) is 0. The van der Waals surface area contributed by atoms with Crippen molar-refractivity contribution in [2.75, 3.05) is 0 Å². The topological polar surface area (TPSA) is 51.8 Å². The Morgan fingerprint density at radius 3 is 2.02 bits per heavy atom. The Hall–Kier alpha value is -5.35. The van der Waals surface area contributed by atoms with Gasteiger partial charge in [-0.25, -0.2) is 15.0 Å². The van der Waals surface area contributed by atoms with Crippen molar-refractivity contribution in [3.05, 3.63) is 133 Å². The molecule has 5 aromatic carbocycles. The van der Waals surface area contributed by atoms with E-state index < -0.39 is 0 Å². The Morgan fingerprint density at radius 1 is 0.488 bits per heavy atom. The van der Waals surface area contributed by atoms with Crippen molar-refractivity contribution in [1.82, 2.24) is 15.0 Å². The van der Waals surface area contributed by atoms with Crippen LogP contribution in [0.4, 0.5) is 0 Å². The molecule has 0 saturated carbocycles. The maximum absolute atomic E-state index is 6.02. The van der Waals surface area contributed by atoms with Gasteiger partial charge in [0.1, 0.15) is 11.2 Å². The third-order valence-corrected chi connectivity index (χ3v) is 7.75. The van der Waals surface area contributed by atoms with Crippen molar-refractivity contribution in [1.29, 1.82) is 0 Å². The summed E-state index contributed by atoms with van der Waals surface area (Å²) in [4.78, 5) is 14.8. The smallest absolute Gasteiger partial charge is 0.164 e. The highest BCUT2D eigenvalue weighted by molar-refractivity contribution is 6.06. The first kappa shape index (κ1) is 23.5. The van der Waals surface area contributed by atoms with Gasteiger partial charge < -0.3 is 4.42 Å². The number of furan rings is 1. The SMILES string of the molecule is C1=CC(c2nc(-c3ccc(-c4ccc5oc6ccccc6c5c4)cc3)nc(-c3ccc4ccccc4c3)n2)=CCC1. The van der Waals surface area contributed by atoms with Crippen LogP contribution in [0.25, 0.3) is 72.2 Å². The van der Waals surface area contributed by atoms with E-state index in [1.165, 1.54) is 5.39 Å². The fourth-order valence-electron chi connectivity index (χ4n) is 5.59. The first-order valence-corrected chi connectivity index (χ1v) is 13.9. The zero-order valence-electron chi connectivity index (χ0n) is 22.3. The van der Waals surface area contributed by atoms with Crippen molar-refractivity contribution >= 4 is 38.3 Å². The summed E-state index contributed by atoms with van der Waals surface area (Å²) in [6.07, 6.45) is 8.54. The molecule has 0 atom stereocenters. The highest BCUT2D eigenvalue weighted by atomic mass is 16.3. The first-order chi connectivity index (χ1) is 20.3. The van der Waals surface area contributed by atoms with Crippen LogP contribution in [0.2, 0.25) is 0 Å². The Bertz CT molecular complexity index is 2150. The Morgan fingerprint density at radius 2 is 1.17 bits per heavy atom. The molecule has 8 rings (SSSR count). The van der Waals surface area contributed by atoms with Crippen LogP contribution < -0.4 is 0 Å². The maximum Gasteiger partial charge on any atom is 0.164 e. The second-order valence-electron chi connectivity index (χ2n) is 10.4. The molecule has 2 heterocycles. The summed E-state index contributed by atoms with van der Waals surface area (Å²) in [6, 6.07) is 37.7. The minimum absolute atomic E-state index is 0.667. The maximum atomic E-state index is 6.02. The van der Waals surface area contributed by atoms with Gasteiger partial charge in [0.05, 0.1) is 0 Å². The Labute approximate surface area is 237 Å². The normalized spacial score (nSPS) is 13.2. The molecule has 0 radical (unpaired) electrons. The summed E-state index contributed by atoms with van der Waals surface area (Å²) in [5.74, 6) is 2.05. The predicted molar refractivity (Wildman–Crippen MR) is 167 cm³/mol. The van der Waals surface area contributed by atoms with Crippen LogP contribution in [0.5, 0.6) is 0 Å². The summed E-state index contributed by atoms with van der Waals surface area (Å²) in [5.41, 5.74) is 7.05. The summed E-state index contributed by atoms with van der Waals surface area (Å²) in [7, 11) is 0. The monoisotopic (exact) mass is 527 g/mol. The van der Waals surface area contributed by atoms with E-state index in [1.807, 2.05) is 18.2 Å². The van der Waals surface area contributed by atoms with Gasteiger partial charge in [0.25, 0.3) is 0 Å². The van der Waals surface area contributed by atoms with Gasteiger partial charge in [-0.1, -0.05) is 103 Å². The highest BCUT2D eigenvalue weighted by Gasteiger charge is 2.15. The molecule has 0 bridgehead atoms. The number of allylic oxidation sites excluding steroid dienone is 4. The van der Waals surface area contributed by atoms with Gasteiger partial charge in [-0.3, -0.25) is 0 Å². The third-order valence-electron chi connectivity index (χ3n) is 7.75. The van der Waals surface area contributed by atoms with E-state index in [2.05, 4.69) is 109 Å². The van der Waals surface area contributed by atoms with Crippen LogP contribution in [0, 0.1) is 0 Å². The highest BCUT2D eigenvalue weighted by Crippen LogP contribution is 2.33. The lowest BCUT2D eigenvalue weighted by Gasteiger charge is -2.11. The van der Waals surface area contributed by atoms with E-state index in [-0.39, 0.29) is 0 Å². The lowest BCUT2D eigenvalue weighted by molar-refractivity contribution is 0.669. The predicted octanol–water partition coefficient (Wildman–Crippen LogP) is 9.66. The Balaban J connectivity index is 1.21. The standard InChI is InChI=1S/C37H25N3O/c1-2-9-26(10-3-1)35-38-36(40-37(39-35)30-19-16-24-8-4-5-11-28(24)22-30)27-17-14-25(15-18-27)29-20-21-34-32(23-29)31-12-6-7-13-33(31)41-34/h2,4-23H,1,3H2. The molecule has 0 aliphatic heterocycles. The molecule has 0 unspecified atom stereocenters. The fourth-order valence-corrected chi connectivity index (χ4v) is 5.59. The van der Waals surface area contributed by atoms with Crippen molar-refractivity contribution in [2.45, 2.75) is 12.8 Å². The summed E-state index contributed by atoms with van der Waals surface area (Å²) in [6.45, 7) is 0. The fraction of sp³-hybridized carbons (Fsp3) is 0.0541. The zero-order chi connectivity index (χ0) is 27.2. The van der Waals surface area contributed by atoms with Gasteiger partial charge in [-0.2, -0.15) is 0 Å². The van der Waals surface area contributed by atoms with Crippen molar-refractivity contribution in [3.63, 3.8) is 0 Å². The minimum atomic E-state index is 0.667. The lowest BCUT2D eigenvalue weighted by atomic mass is 10.0. The van der Waals surface area contributed by atoms with Crippen LogP contribution in [0.15, 0.2) is 132 Å². The number of rotatable bonds is 4. The molecule has 0 N–H and O–H groups in total. The van der Waals surface area contributed by atoms with Crippen LogP contribution in [0.1, 0.15) is 18.7 Å². The summed E-state index contributed by atoms with van der Waals surface area (Å²) >= 11 is 0. The van der Waals surface area contributed by atoms with Crippen LogP contribution in [-0.4, -0.2) is 15.0 Å². The molecule has 41 heavy (non-hydrogen) atoms. The summed E-state index contributed by atoms with van der Waals surface area (Å²) < 4.78 is 6.02. The van der Waals surface area contributed by atoms with Gasteiger partial charge in [0.2, 0.25) is 0 Å². The average Bonchev–Trinajstić information content (AvgIpc) is 3.43. The molecular formula is C37H25N3O. The molecule has 7 aromatic rings. The summed E-state index contributed by atoms with van der Waals surface area (Å²) in [5, 5.41) is 4.61. The molecule has 1 aliphatic carbocycles. The average molecular weight is 528 g/mol. The van der Waals surface area contributed by atoms with E-state index >= 15 is 0 Å². The molecule has 0 spiro atoms. The largest absolute Gasteiger partial charge is 0.456 e. The van der Waals surface area contributed by atoms with E-state index in [1.54, 1.807) is 0 Å². The molecule has 0 amide bonds. The molecular weight excluding hydrogens is 502 g/mol. The van der Waals surface area contributed by atoms with Gasteiger partial charge in [-0.05, 0) is 59.0 Å². The second-order valence-corrected chi connectivity index (χ2v) is 10.4. The molecule has 2 aromatic heterocycles. The van der Waals surface area contributed by atoms with Gasteiger partial charge >= 0.3 is 0 Å². The number of benzene rings is 5. The first-order valence-electron chi connectivity index (χ1n) is 13.9. The third kappa shape index (κ3) is 4.30. The van der Waals surface area contributed by atoms with E-state index in [0.717, 1.165) is 68.0 Å². The van der Waals surface area contributed by atoms with E-state index in [9.17, 15) is 0 Å². The van der Waals surface area contributed by atoms with Gasteiger partial charge in [-0.15, -0.1) is 0 Å². The number of aromatic nitrogens is 3. The minimum Gasteiger partial charge on any atom is -0.456 e. The van der Waals surface area contributed by atoms with Crippen molar-refractivity contribution in [2.24, 2.45) is 0 Å². The molecule has 4 heteroatoms. The molecule has 4 nitrogen and oxygen atoms in total. The molecule has 1 aliphatic rings. The van der Waals surface area contributed by atoms with Crippen LogP contribution in [0.3, 0.4) is 0 Å².